The number of carbonyl (C=O) groups excluding carboxylic acids is 1. The van der Waals surface area contributed by atoms with Crippen LogP contribution in [0.25, 0.3) is 0 Å². The molecule has 92 valence electrons. The molecule has 1 heterocycles. The van der Waals surface area contributed by atoms with Gasteiger partial charge in [0.15, 0.2) is 0 Å². The second kappa shape index (κ2) is 5.15. The van der Waals surface area contributed by atoms with Crippen LogP contribution in [0.5, 0.6) is 0 Å². The highest BCUT2D eigenvalue weighted by molar-refractivity contribution is 6.43. The lowest BCUT2D eigenvalue weighted by molar-refractivity contribution is 0.0724. The van der Waals surface area contributed by atoms with Crippen LogP contribution in [0, 0.1) is 0 Å². The molecule has 0 saturated carbocycles. The van der Waals surface area contributed by atoms with E-state index < -0.39 is 0 Å². The van der Waals surface area contributed by atoms with Crippen molar-refractivity contribution in [1.29, 1.82) is 0 Å². The minimum atomic E-state index is -0.0185. The minimum absolute atomic E-state index is 0.0185. The number of piperidine rings is 1. The van der Waals surface area contributed by atoms with Crippen molar-refractivity contribution in [2.75, 3.05) is 18.8 Å². The highest BCUT2D eigenvalue weighted by Crippen LogP contribution is 2.30. The van der Waals surface area contributed by atoms with Gasteiger partial charge in [-0.3, -0.25) is 4.79 Å². The third-order valence-electron chi connectivity index (χ3n) is 2.95. The molecule has 0 unspecified atom stereocenters. The molecule has 0 aromatic heterocycles. The Kier molecular flexibility index (Phi) is 3.79. The molecule has 2 rings (SSSR count). The number of carbonyl (C=O) groups is 1. The van der Waals surface area contributed by atoms with Crippen LogP contribution in [-0.2, 0) is 0 Å². The number of rotatable bonds is 1. The first-order valence-corrected chi connectivity index (χ1v) is 6.39. The van der Waals surface area contributed by atoms with E-state index in [2.05, 4.69) is 0 Å². The molecule has 0 radical (unpaired) electrons. The number of nitrogens with two attached hydrogens (primary N) is 1. The maximum absolute atomic E-state index is 12.2. The first-order valence-electron chi connectivity index (χ1n) is 5.63. The summed E-state index contributed by atoms with van der Waals surface area (Å²) in [6.45, 7) is 1.61. The first kappa shape index (κ1) is 12.5. The van der Waals surface area contributed by atoms with E-state index in [1.54, 1.807) is 12.1 Å². The molecular weight excluding hydrogens is 259 g/mol. The van der Waals surface area contributed by atoms with Gasteiger partial charge in [-0.1, -0.05) is 23.2 Å². The zero-order chi connectivity index (χ0) is 12.4. The van der Waals surface area contributed by atoms with Gasteiger partial charge in [-0.25, -0.2) is 0 Å². The summed E-state index contributed by atoms with van der Waals surface area (Å²) in [5.41, 5.74) is 6.56. The maximum Gasteiger partial charge on any atom is 0.253 e. The summed E-state index contributed by atoms with van der Waals surface area (Å²) >= 11 is 11.8. The number of anilines is 1. The van der Waals surface area contributed by atoms with Crippen molar-refractivity contribution < 1.29 is 4.79 Å². The number of benzene rings is 1. The number of amides is 1. The number of nitrogen functional groups attached to an aromatic ring is 1. The van der Waals surface area contributed by atoms with Crippen LogP contribution < -0.4 is 5.73 Å². The average molecular weight is 273 g/mol. The van der Waals surface area contributed by atoms with E-state index in [1.165, 1.54) is 6.42 Å². The summed E-state index contributed by atoms with van der Waals surface area (Å²) in [6, 6.07) is 3.17. The van der Waals surface area contributed by atoms with Gasteiger partial charge in [0, 0.05) is 18.7 Å². The quantitative estimate of drug-likeness (QED) is 0.799. The summed E-state index contributed by atoms with van der Waals surface area (Å²) in [4.78, 5) is 14.0. The highest BCUT2D eigenvalue weighted by Gasteiger charge is 2.19. The number of hydrogen-bond donors (Lipinski definition) is 1. The lowest BCUT2D eigenvalue weighted by Crippen LogP contribution is -2.35. The largest absolute Gasteiger partial charge is 0.397 e. The SMILES string of the molecule is Nc1cc(C(=O)N2CCCCC2)cc(Cl)c1Cl. The zero-order valence-electron chi connectivity index (χ0n) is 9.38. The Morgan fingerprint density at radius 3 is 2.41 bits per heavy atom. The summed E-state index contributed by atoms with van der Waals surface area (Å²) in [5.74, 6) is -0.0185. The fourth-order valence-electron chi connectivity index (χ4n) is 2.01. The van der Waals surface area contributed by atoms with Gasteiger partial charge < -0.3 is 10.6 Å². The molecule has 1 aliphatic heterocycles. The molecule has 1 aromatic rings. The molecule has 0 atom stereocenters. The fraction of sp³-hybridized carbons (Fsp3) is 0.417. The molecule has 17 heavy (non-hydrogen) atoms. The molecule has 1 amide bonds. The lowest BCUT2D eigenvalue weighted by atomic mass is 10.1. The van der Waals surface area contributed by atoms with Crippen molar-refractivity contribution in [3.63, 3.8) is 0 Å². The molecule has 0 spiro atoms. The van der Waals surface area contributed by atoms with Crippen LogP contribution in [0.1, 0.15) is 29.6 Å². The van der Waals surface area contributed by atoms with E-state index in [4.69, 9.17) is 28.9 Å². The van der Waals surface area contributed by atoms with E-state index in [9.17, 15) is 4.79 Å². The molecule has 3 nitrogen and oxygen atoms in total. The zero-order valence-corrected chi connectivity index (χ0v) is 10.9. The number of likely N-dealkylation sites (tertiary alicyclic amines) is 1. The van der Waals surface area contributed by atoms with Gasteiger partial charge >= 0.3 is 0 Å². The fourth-order valence-corrected chi connectivity index (χ4v) is 2.35. The van der Waals surface area contributed by atoms with Gasteiger partial charge in [0.2, 0.25) is 0 Å². The highest BCUT2D eigenvalue weighted by atomic mass is 35.5. The topological polar surface area (TPSA) is 46.3 Å². The summed E-state index contributed by atoms with van der Waals surface area (Å²) in [6.07, 6.45) is 3.30. The Bertz CT molecular complexity index is 419. The molecule has 1 fully saturated rings. The Labute approximate surface area is 110 Å². The Hall–Kier alpha value is -0.930. The van der Waals surface area contributed by atoms with Crippen molar-refractivity contribution in [2.45, 2.75) is 19.3 Å². The lowest BCUT2D eigenvalue weighted by Gasteiger charge is -2.27. The van der Waals surface area contributed by atoms with Gasteiger partial charge in [-0.2, -0.15) is 0 Å². The van der Waals surface area contributed by atoms with Gasteiger partial charge in [0.25, 0.3) is 5.91 Å². The molecule has 2 N–H and O–H groups in total. The van der Waals surface area contributed by atoms with Crippen LogP contribution in [0.4, 0.5) is 5.69 Å². The van der Waals surface area contributed by atoms with Crippen LogP contribution in [0.3, 0.4) is 0 Å². The smallest absolute Gasteiger partial charge is 0.253 e. The van der Waals surface area contributed by atoms with Crippen LogP contribution in [0.2, 0.25) is 10.0 Å². The number of hydrogen-bond acceptors (Lipinski definition) is 2. The number of halogens is 2. The molecule has 0 bridgehead atoms. The van der Waals surface area contributed by atoms with E-state index >= 15 is 0 Å². The maximum atomic E-state index is 12.2. The van der Waals surface area contributed by atoms with E-state index in [0.29, 0.717) is 21.3 Å². The van der Waals surface area contributed by atoms with E-state index in [0.717, 1.165) is 25.9 Å². The first-order chi connectivity index (χ1) is 8.09. The second-order valence-corrected chi connectivity index (χ2v) is 5.00. The third-order valence-corrected chi connectivity index (χ3v) is 3.76. The van der Waals surface area contributed by atoms with Crippen molar-refractivity contribution in [3.05, 3.63) is 27.7 Å². The summed E-state index contributed by atoms with van der Waals surface area (Å²) in [7, 11) is 0. The molecule has 0 aliphatic carbocycles. The average Bonchev–Trinajstić information content (AvgIpc) is 2.35. The monoisotopic (exact) mass is 272 g/mol. The van der Waals surface area contributed by atoms with Crippen molar-refractivity contribution >= 4 is 34.8 Å². The van der Waals surface area contributed by atoms with Gasteiger partial charge in [-0.05, 0) is 31.4 Å². The minimum Gasteiger partial charge on any atom is -0.397 e. The summed E-state index contributed by atoms with van der Waals surface area (Å²) < 4.78 is 0. The van der Waals surface area contributed by atoms with E-state index in [-0.39, 0.29) is 5.91 Å². The Morgan fingerprint density at radius 2 is 1.82 bits per heavy atom. The van der Waals surface area contributed by atoms with Crippen molar-refractivity contribution in [1.82, 2.24) is 4.90 Å². The second-order valence-electron chi connectivity index (χ2n) is 4.21. The Balaban J connectivity index is 2.24. The van der Waals surface area contributed by atoms with Crippen LogP contribution in [-0.4, -0.2) is 23.9 Å². The van der Waals surface area contributed by atoms with Gasteiger partial charge in [0.1, 0.15) is 0 Å². The number of nitrogens with zero attached hydrogens (tertiary/aromatic N) is 1. The van der Waals surface area contributed by atoms with Crippen LogP contribution >= 0.6 is 23.2 Å². The predicted molar refractivity (Wildman–Crippen MR) is 70.6 cm³/mol. The van der Waals surface area contributed by atoms with Gasteiger partial charge in [0.05, 0.1) is 15.7 Å². The molecule has 5 heteroatoms. The van der Waals surface area contributed by atoms with Gasteiger partial charge in [-0.15, -0.1) is 0 Å². The third kappa shape index (κ3) is 2.67. The van der Waals surface area contributed by atoms with E-state index in [1.807, 2.05) is 4.90 Å². The molecule has 1 aromatic carbocycles. The molecular formula is C12H14Cl2N2O. The normalized spacial score (nSPS) is 16.0. The van der Waals surface area contributed by atoms with Crippen molar-refractivity contribution in [2.24, 2.45) is 0 Å². The van der Waals surface area contributed by atoms with Crippen LogP contribution in [0.15, 0.2) is 12.1 Å². The Morgan fingerprint density at radius 1 is 1.18 bits per heavy atom. The predicted octanol–water partition coefficient (Wildman–Crippen LogP) is 3.20. The molecule has 1 saturated heterocycles. The standard InChI is InChI=1S/C12H14Cl2N2O/c13-9-6-8(7-10(15)11(9)14)12(17)16-4-2-1-3-5-16/h6-7H,1-5,15H2. The molecule has 1 aliphatic rings. The van der Waals surface area contributed by atoms with Crippen molar-refractivity contribution in [3.8, 4) is 0 Å². The summed E-state index contributed by atoms with van der Waals surface area (Å²) in [5, 5.41) is 0.633.